The molecule has 1 N–H and O–H groups in total. The highest BCUT2D eigenvalue weighted by molar-refractivity contribution is 6.53. The summed E-state index contributed by atoms with van der Waals surface area (Å²) in [5.74, 6) is 0. The van der Waals surface area contributed by atoms with Gasteiger partial charge >= 0.3 is 7.48 Å². The van der Waals surface area contributed by atoms with E-state index in [1.165, 1.54) is 33.0 Å². The lowest BCUT2D eigenvalue weighted by molar-refractivity contribution is -0.0893. The number of hydrogen-bond acceptors (Lipinski definition) is 3. The minimum Gasteiger partial charge on any atom is -0.455 e. The number of aliphatic hydroxyl groups is 1. The molecule has 6 rings (SSSR count). The summed E-state index contributed by atoms with van der Waals surface area (Å²) in [5.41, 5.74) is 6.15. The first-order valence-corrected chi connectivity index (χ1v) is 11.1. The van der Waals surface area contributed by atoms with Crippen LogP contribution < -0.4 is 5.46 Å². The third kappa shape index (κ3) is 2.63. The molecule has 32 heavy (non-hydrogen) atoms. The summed E-state index contributed by atoms with van der Waals surface area (Å²) in [6.45, 7) is 7.41. The molecule has 4 aromatic carbocycles. The molecule has 0 saturated carbocycles. The Morgan fingerprint density at radius 3 is 2.31 bits per heavy atom. The zero-order chi connectivity index (χ0) is 22.3. The molecule has 5 aromatic rings. The van der Waals surface area contributed by atoms with E-state index in [0.29, 0.717) is 7.48 Å². The Morgan fingerprint density at radius 1 is 0.812 bits per heavy atom. The van der Waals surface area contributed by atoms with Gasteiger partial charge in [-0.15, -0.1) is 0 Å². The van der Waals surface area contributed by atoms with Gasteiger partial charge in [0.1, 0.15) is 11.2 Å². The van der Waals surface area contributed by atoms with Crippen molar-refractivity contribution in [1.82, 2.24) is 0 Å². The molecular formula is C28H25BO3. The van der Waals surface area contributed by atoms with Gasteiger partial charge in [-0.05, 0) is 67.4 Å². The van der Waals surface area contributed by atoms with Gasteiger partial charge in [0.05, 0.1) is 11.2 Å². The summed E-state index contributed by atoms with van der Waals surface area (Å²) in [6, 6.07) is 23.5. The van der Waals surface area contributed by atoms with Gasteiger partial charge in [-0.25, -0.2) is 0 Å². The smallest absolute Gasteiger partial charge is 0.310 e. The second-order valence-corrected chi connectivity index (χ2v) is 9.83. The van der Waals surface area contributed by atoms with E-state index in [9.17, 15) is 5.11 Å². The van der Waals surface area contributed by atoms with Crippen molar-refractivity contribution < 1.29 is 14.2 Å². The lowest BCUT2D eigenvalue weighted by atomic mass is 9.80. The number of furan rings is 1. The fourth-order valence-corrected chi connectivity index (χ4v) is 4.78. The van der Waals surface area contributed by atoms with E-state index < -0.39 is 11.2 Å². The van der Waals surface area contributed by atoms with Crippen molar-refractivity contribution in [2.45, 2.75) is 38.9 Å². The first-order chi connectivity index (χ1) is 15.3. The fourth-order valence-electron chi connectivity index (χ4n) is 4.78. The highest BCUT2D eigenvalue weighted by Crippen LogP contribution is 2.51. The van der Waals surface area contributed by atoms with Gasteiger partial charge in [0, 0.05) is 21.7 Å². The van der Waals surface area contributed by atoms with Crippen LogP contribution in [0, 0.1) is 0 Å². The Morgan fingerprint density at radius 2 is 1.53 bits per heavy atom. The Hall–Kier alpha value is -3.08. The molecule has 1 aliphatic carbocycles. The van der Waals surface area contributed by atoms with Gasteiger partial charge < -0.3 is 14.2 Å². The van der Waals surface area contributed by atoms with Crippen molar-refractivity contribution in [3.05, 3.63) is 66.7 Å². The minimum absolute atomic E-state index is 0.396. The third-order valence-corrected chi connectivity index (χ3v) is 7.26. The van der Waals surface area contributed by atoms with Gasteiger partial charge in [-0.1, -0.05) is 54.6 Å². The normalized spacial score (nSPS) is 13.3. The van der Waals surface area contributed by atoms with Crippen molar-refractivity contribution in [2.24, 2.45) is 0 Å². The monoisotopic (exact) mass is 420 g/mol. The van der Waals surface area contributed by atoms with Crippen LogP contribution in [0.1, 0.15) is 27.7 Å². The lowest BCUT2D eigenvalue weighted by Gasteiger charge is -2.37. The first-order valence-electron chi connectivity index (χ1n) is 11.1. The summed E-state index contributed by atoms with van der Waals surface area (Å²) in [7, 11) is 0.396. The summed E-state index contributed by atoms with van der Waals surface area (Å²) in [6.07, 6.45) is 0. The predicted octanol–water partition coefficient (Wildman–Crippen LogP) is 5.93. The second-order valence-electron chi connectivity index (χ2n) is 9.83. The number of rotatable bonds is 4. The molecule has 1 heterocycles. The van der Waals surface area contributed by atoms with Gasteiger partial charge in [0.25, 0.3) is 0 Å². The molecule has 0 radical (unpaired) electrons. The topological polar surface area (TPSA) is 42.6 Å². The Bertz CT molecular complexity index is 1540. The summed E-state index contributed by atoms with van der Waals surface area (Å²) >= 11 is 0. The predicted molar refractivity (Wildman–Crippen MR) is 134 cm³/mol. The van der Waals surface area contributed by atoms with Crippen LogP contribution in [-0.2, 0) is 4.65 Å². The summed E-state index contributed by atoms with van der Waals surface area (Å²) < 4.78 is 12.7. The summed E-state index contributed by atoms with van der Waals surface area (Å²) in [4.78, 5) is 0. The number of fused-ring (bicyclic) bond motifs is 7. The van der Waals surface area contributed by atoms with Crippen LogP contribution in [0.5, 0.6) is 0 Å². The average Bonchev–Trinajstić information content (AvgIpc) is 3.29. The maximum absolute atomic E-state index is 10.5. The zero-order valence-corrected chi connectivity index (χ0v) is 18.8. The van der Waals surface area contributed by atoms with Gasteiger partial charge in [-0.2, -0.15) is 0 Å². The van der Waals surface area contributed by atoms with Crippen LogP contribution in [0.15, 0.2) is 71.1 Å². The van der Waals surface area contributed by atoms with Gasteiger partial charge in [0.2, 0.25) is 0 Å². The van der Waals surface area contributed by atoms with Crippen LogP contribution in [0.3, 0.4) is 0 Å². The van der Waals surface area contributed by atoms with E-state index in [-0.39, 0.29) is 0 Å². The van der Waals surface area contributed by atoms with Gasteiger partial charge in [-0.3, -0.25) is 0 Å². The molecule has 0 spiro atoms. The molecule has 158 valence electrons. The van der Waals surface area contributed by atoms with E-state index >= 15 is 0 Å². The first kappa shape index (κ1) is 19.6. The van der Waals surface area contributed by atoms with Crippen LogP contribution >= 0.6 is 0 Å². The highest BCUT2D eigenvalue weighted by atomic mass is 16.5. The molecule has 4 heteroatoms. The van der Waals surface area contributed by atoms with E-state index in [4.69, 9.17) is 9.07 Å². The van der Waals surface area contributed by atoms with E-state index in [1.54, 1.807) is 13.8 Å². The number of benzene rings is 4. The van der Waals surface area contributed by atoms with Crippen LogP contribution in [0.25, 0.3) is 55.0 Å². The molecule has 3 nitrogen and oxygen atoms in total. The molecule has 0 saturated heterocycles. The molecule has 0 atom stereocenters. The zero-order valence-electron chi connectivity index (χ0n) is 18.8. The molecule has 0 fully saturated rings. The average molecular weight is 420 g/mol. The molecule has 0 aliphatic heterocycles. The van der Waals surface area contributed by atoms with E-state index in [1.807, 2.05) is 26.0 Å². The lowest BCUT2D eigenvalue weighted by Crippen LogP contribution is -2.49. The van der Waals surface area contributed by atoms with E-state index in [0.717, 1.165) is 27.4 Å². The van der Waals surface area contributed by atoms with Crippen molar-refractivity contribution in [1.29, 1.82) is 0 Å². The highest BCUT2D eigenvalue weighted by Gasteiger charge is 2.36. The second kappa shape index (κ2) is 6.47. The van der Waals surface area contributed by atoms with Crippen molar-refractivity contribution in [2.75, 3.05) is 0 Å². The third-order valence-electron chi connectivity index (χ3n) is 7.26. The maximum Gasteiger partial charge on any atom is 0.310 e. The molecule has 1 aliphatic rings. The molecule has 0 amide bonds. The fraction of sp³-hybridized carbons (Fsp3) is 0.214. The number of hydrogen-bond donors (Lipinski definition) is 1. The van der Waals surface area contributed by atoms with Crippen LogP contribution in [0.2, 0.25) is 0 Å². The maximum atomic E-state index is 10.5. The van der Waals surface area contributed by atoms with Crippen molar-refractivity contribution >= 4 is 45.7 Å². The summed E-state index contributed by atoms with van der Waals surface area (Å²) in [5, 5.41) is 15.2. The van der Waals surface area contributed by atoms with Crippen LogP contribution in [0.4, 0.5) is 0 Å². The Labute approximate surface area is 187 Å². The quantitative estimate of drug-likeness (QED) is 0.360. The molecular weight excluding hydrogens is 395 g/mol. The molecule has 0 bridgehead atoms. The SMILES string of the molecule is CC(C)(O)C(C)(C)OBc1cccc2oc3c4c5c(cccc5cc3c12)-c1ccccc1-4. The van der Waals surface area contributed by atoms with Crippen molar-refractivity contribution in [3.63, 3.8) is 0 Å². The van der Waals surface area contributed by atoms with Crippen molar-refractivity contribution in [3.8, 4) is 22.3 Å². The Balaban J connectivity index is 1.61. The van der Waals surface area contributed by atoms with Gasteiger partial charge in [0.15, 0.2) is 0 Å². The Kier molecular flexibility index (Phi) is 3.96. The molecule has 0 unspecified atom stereocenters. The van der Waals surface area contributed by atoms with Crippen LogP contribution in [-0.4, -0.2) is 23.8 Å². The standard InChI is InChI=1S/C28H25BO3/c1-27(2,30)28(3,4)32-29-21-13-8-14-22-24(21)20-15-16-9-7-12-18-17-10-5-6-11-19(17)25(23(16)18)26(20)31-22/h5-15,29-30H,1-4H3. The molecule has 1 aromatic heterocycles. The largest absolute Gasteiger partial charge is 0.455 e. The minimum atomic E-state index is -0.957. The van der Waals surface area contributed by atoms with E-state index in [2.05, 4.69) is 54.6 Å².